The highest BCUT2D eigenvalue weighted by atomic mass is 19.1. The van der Waals surface area contributed by atoms with Crippen LogP contribution in [-0.2, 0) is 0 Å². The van der Waals surface area contributed by atoms with Gasteiger partial charge in [-0.05, 0) is 5.41 Å². The van der Waals surface area contributed by atoms with Crippen LogP contribution in [0.2, 0.25) is 0 Å². The second kappa shape index (κ2) is 3.68. The molecule has 3 nitrogen and oxygen atoms in total. The quantitative estimate of drug-likeness (QED) is 0.713. The summed E-state index contributed by atoms with van der Waals surface area (Å²) >= 11 is 0. The molecule has 1 N–H and O–H groups in total. The average molecular weight is 183 g/mol. The molecule has 0 saturated heterocycles. The first kappa shape index (κ1) is 9.89. The van der Waals surface area contributed by atoms with Crippen molar-refractivity contribution in [3.05, 3.63) is 18.3 Å². The Hall–Kier alpha value is -1.19. The predicted octanol–water partition coefficient (Wildman–Crippen LogP) is 2.07. The minimum absolute atomic E-state index is 0.154. The molecular weight excluding hydrogens is 169 g/mol. The predicted molar refractivity (Wildman–Crippen MR) is 49.9 cm³/mol. The van der Waals surface area contributed by atoms with E-state index in [-0.39, 0.29) is 5.41 Å². The van der Waals surface area contributed by atoms with Gasteiger partial charge in [-0.15, -0.1) is 0 Å². The normalized spacial score (nSPS) is 11.4. The maximum absolute atomic E-state index is 12.6. The van der Waals surface area contributed by atoms with Crippen LogP contribution in [0, 0.1) is 11.4 Å². The largest absolute Gasteiger partial charge is 0.369 e. The molecule has 0 amide bonds. The summed E-state index contributed by atoms with van der Waals surface area (Å²) in [5.41, 5.74) is 0.154. The van der Waals surface area contributed by atoms with E-state index in [4.69, 9.17) is 0 Å². The second-order valence-corrected chi connectivity index (χ2v) is 4.14. The summed E-state index contributed by atoms with van der Waals surface area (Å²) in [6, 6.07) is 1.28. The molecule has 0 fully saturated rings. The zero-order valence-corrected chi connectivity index (χ0v) is 8.13. The molecule has 0 aliphatic heterocycles. The van der Waals surface area contributed by atoms with Crippen LogP contribution in [0.5, 0.6) is 0 Å². The van der Waals surface area contributed by atoms with Gasteiger partial charge in [-0.25, -0.2) is 9.97 Å². The van der Waals surface area contributed by atoms with Crippen molar-refractivity contribution >= 4 is 5.82 Å². The monoisotopic (exact) mass is 183 g/mol. The third-order valence-corrected chi connectivity index (χ3v) is 1.43. The Balaban J connectivity index is 2.55. The zero-order valence-electron chi connectivity index (χ0n) is 8.13. The molecule has 0 bridgehead atoms. The lowest BCUT2D eigenvalue weighted by atomic mass is 9.97. The van der Waals surface area contributed by atoms with Gasteiger partial charge < -0.3 is 5.32 Å². The van der Waals surface area contributed by atoms with Gasteiger partial charge in [0.2, 0.25) is 5.95 Å². The standard InChI is InChI=1S/C9H14FN3/c1-9(2,3)5-11-8-4-7(10)12-6-13-8/h4,6H,5H2,1-3H3,(H,11,12,13). The van der Waals surface area contributed by atoms with E-state index in [0.717, 1.165) is 6.54 Å². The van der Waals surface area contributed by atoms with E-state index in [1.807, 2.05) is 0 Å². The molecule has 0 unspecified atom stereocenters. The van der Waals surface area contributed by atoms with Gasteiger partial charge in [-0.1, -0.05) is 20.8 Å². The van der Waals surface area contributed by atoms with E-state index in [0.29, 0.717) is 5.82 Å². The Labute approximate surface area is 77.4 Å². The number of hydrogen-bond acceptors (Lipinski definition) is 3. The lowest BCUT2D eigenvalue weighted by Gasteiger charge is -2.18. The highest BCUT2D eigenvalue weighted by molar-refractivity contribution is 5.32. The van der Waals surface area contributed by atoms with Gasteiger partial charge in [0.15, 0.2) is 0 Å². The van der Waals surface area contributed by atoms with Crippen LogP contribution < -0.4 is 5.32 Å². The van der Waals surface area contributed by atoms with Gasteiger partial charge in [0, 0.05) is 12.6 Å². The number of hydrogen-bond donors (Lipinski definition) is 1. The molecule has 1 heterocycles. The summed E-state index contributed by atoms with van der Waals surface area (Å²) in [5.74, 6) is 0.0221. The van der Waals surface area contributed by atoms with Gasteiger partial charge in [-0.3, -0.25) is 0 Å². The first-order valence-electron chi connectivity index (χ1n) is 4.19. The summed E-state index contributed by atoms with van der Waals surface area (Å²) in [4.78, 5) is 7.25. The Bertz CT molecular complexity index is 280. The SMILES string of the molecule is CC(C)(C)CNc1cc(F)ncn1. The Morgan fingerprint density at radius 3 is 2.62 bits per heavy atom. The smallest absolute Gasteiger partial charge is 0.217 e. The minimum atomic E-state index is -0.508. The summed E-state index contributed by atoms with van der Waals surface area (Å²) in [6.07, 6.45) is 1.21. The van der Waals surface area contributed by atoms with Crippen LogP contribution in [0.25, 0.3) is 0 Å². The van der Waals surface area contributed by atoms with Gasteiger partial charge in [-0.2, -0.15) is 4.39 Å². The van der Waals surface area contributed by atoms with Crippen molar-refractivity contribution in [2.75, 3.05) is 11.9 Å². The molecule has 1 aromatic heterocycles. The van der Waals surface area contributed by atoms with E-state index >= 15 is 0 Å². The van der Waals surface area contributed by atoms with Crippen molar-refractivity contribution in [1.82, 2.24) is 9.97 Å². The molecular formula is C9H14FN3. The van der Waals surface area contributed by atoms with E-state index in [9.17, 15) is 4.39 Å². The number of aromatic nitrogens is 2. The molecule has 0 saturated carbocycles. The number of halogens is 1. The van der Waals surface area contributed by atoms with E-state index < -0.39 is 5.95 Å². The van der Waals surface area contributed by atoms with E-state index in [1.165, 1.54) is 12.4 Å². The molecule has 0 aliphatic rings. The molecule has 0 atom stereocenters. The number of nitrogens with zero attached hydrogens (tertiary/aromatic N) is 2. The molecule has 72 valence electrons. The maximum Gasteiger partial charge on any atom is 0.217 e. The highest BCUT2D eigenvalue weighted by Crippen LogP contribution is 2.13. The Morgan fingerprint density at radius 1 is 1.38 bits per heavy atom. The summed E-state index contributed by atoms with van der Waals surface area (Å²) in [6.45, 7) is 7.04. The van der Waals surface area contributed by atoms with Gasteiger partial charge >= 0.3 is 0 Å². The van der Waals surface area contributed by atoms with Crippen LogP contribution in [0.4, 0.5) is 10.2 Å². The zero-order chi connectivity index (χ0) is 9.90. The molecule has 1 aromatic rings. The summed E-state index contributed by atoms with van der Waals surface area (Å²) in [7, 11) is 0. The first-order chi connectivity index (χ1) is 5.97. The van der Waals surface area contributed by atoms with Crippen LogP contribution >= 0.6 is 0 Å². The van der Waals surface area contributed by atoms with Gasteiger partial charge in [0.05, 0.1) is 0 Å². The van der Waals surface area contributed by atoms with Crippen LogP contribution in [0.3, 0.4) is 0 Å². The minimum Gasteiger partial charge on any atom is -0.369 e. The van der Waals surface area contributed by atoms with Crippen molar-refractivity contribution in [2.45, 2.75) is 20.8 Å². The molecule has 13 heavy (non-hydrogen) atoms. The molecule has 1 rings (SSSR count). The van der Waals surface area contributed by atoms with Gasteiger partial charge in [0.1, 0.15) is 12.1 Å². The van der Waals surface area contributed by atoms with Crippen LogP contribution in [0.15, 0.2) is 12.4 Å². The fourth-order valence-corrected chi connectivity index (χ4v) is 0.786. The van der Waals surface area contributed by atoms with Crippen molar-refractivity contribution in [2.24, 2.45) is 5.41 Å². The molecule has 0 radical (unpaired) electrons. The summed E-state index contributed by atoms with van der Waals surface area (Å²) in [5, 5.41) is 3.03. The van der Waals surface area contributed by atoms with Crippen LogP contribution in [0.1, 0.15) is 20.8 Å². The van der Waals surface area contributed by atoms with Crippen molar-refractivity contribution in [3.63, 3.8) is 0 Å². The first-order valence-corrected chi connectivity index (χ1v) is 4.19. The lowest BCUT2D eigenvalue weighted by molar-refractivity contribution is 0.442. The maximum atomic E-state index is 12.6. The topological polar surface area (TPSA) is 37.8 Å². The third kappa shape index (κ3) is 3.83. The molecule has 0 spiro atoms. The van der Waals surface area contributed by atoms with Crippen LogP contribution in [-0.4, -0.2) is 16.5 Å². The Kier molecular flexibility index (Phi) is 2.80. The Morgan fingerprint density at radius 2 is 2.08 bits per heavy atom. The van der Waals surface area contributed by atoms with Crippen molar-refractivity contribution in [3.8, 4) is 0 Å². The highest BCUT2D eigenvalue weighted by Gasteiger charge is 2.09. The number of nitrogens with one attached hydrogen (secondary N) is 1. The average Bonchev–Trinajstić information content (AvgIpc) is 2.00. The van der Waals surface area contributed by atoms with Crippen molar-refractivity contribution in [1.29, 1.82) is 0 Å². The third-order valence-electron chi connectivity index (χ3n) is 1.43. The fourth-order valence-electron chi connectivity index (χ4n) is 0.786. The summed E-state index contributed by atoms with van der Waals surface area (Å²) < 4.78 is 12.6. The lowest BCUT2D eigenvalue weighted by Crippen LogP contribution is -2.19. The molecule has 0 aromatic carbocycles. The fraction of sp³-hybridized carbons (Fsp3) is 0.556. The van der Waals surface area contributed by atoms with E-state index in [1.54, 1.807) is 0 Å². The number of rotatable bonds is 2. The van der Waals surface area contributed by atoms with E-state index in [2.05, 4.69) is 36.1 Å². The number of anilines is 1. The molecule has 4 heteroatoms. The molecule has 0 aliphatic carbocycles. The van der Waals surface area contributed by atoms with Crippen molar-refractivity contribution < 1.29 is 4.39 Å². The second-order valence-electron chi connectivity index (χ2n) is 4.14. The van der Waals surface area contributed by atoms with Gasteiger partial charge in [0.25, 0.3) is 0 Å².